The smallest absolute Gasteiger partial charge is 0.137 e. The summed E-state index contributed by atoms with van der Waals surface area (Å²) in [6, 6.07) is 15.4. The number of rotatable bonds is 3. The number of hydrogen-bond donors (Lipinski definition) is 1. The van der Waals surface area contributed by atoms with Crippen LogP contribution >= 0.6 is 11.8 Å². The molecule has 1 atom stereocenters. The molecule has 1 unspecified atom stereocenters. The van der Waals surface area contributed by atoms with Crippen LogP contribution in [0.25, 0.3) is 0 Å². The van der Waals surface area contributed by atoms with Gasteiger partial charge in [0.2, 0.25) is 0 Å². The fourth-order valence-corrected chi connectivity index (χ4v) is 3.69. The molecule has 0 radical (unpaired) electrons. The maximum atomic E-state index is 13.8. The number of hydrogen-bond acceptors (Lipinski definition) is 3. The van der Waals surface area contributed by atoms with Crippen molar-refractivity contribution >= 4 is 17.4 Å². The van der Waals surface area contributed by atoms with E-state index < -0.39 is 0 Å². The van der Waals surface area contributed by atoms with E-state index in [1.165, 1.54) is 6.07 Å². The van der Waals surface area contributed by atoms with Crippen LogP contribution in [0.1, 0.15) is 23.6 Å². The molecule has 0 saturated heterocycles. The van der Waals surface area contributed by atoms with Crippen molar-refractivity contribution in [2.45, 2.75) is 23.8 Å². The van der Waals surface area contributed by atoms with E-state index in [2.05, 4.69) is 11.4 Å². The first kappa shape index (κ1) is 14.0. The van der Waals surface area contributed by atoms with Gasteiger partial charge in [-0.15, -0.1) is 11.8 Å². The highest BCUT2D eigenvalue weighted by Crippen LogP contribution is 2.39. The Balaban J connectivity index is 1.80. The number of fused-ring (bicyclic) bond motifs is 1. The van der Waals surface area contributed by atoms with E-state index in [0.29, 0.717) is 6.42 Å². The molecule has 0 fully saturated rings. The number of nitrogens with zero attached hydrogens (tertiary/aromatic N) is 1. The average Bonchev–Trinajstić information content (AvgIpc) is 2.51. The highest BCUT2D eigenvalue weighted by molar-refractivity contribution is 7.99. The molecule has 0 spiro atoms. The van der Waals surface area contributed by atoms with Gasteiger partial charge in [-0.1, -0.05) is 24.3 Å². The minimum atomic E-state index is -0.131. The van der Waals surface area contributed by atoms with Gasteiger partial charge in [0, 0.05) is 16.3 Å². The zero-order valence-electron chi connectivity index (χ0n) is 11.5. The third-order valence-electron chi connectivity index (χ3n) is 3.60. The molecular weight excluding hydrogens is 283 g/mol. The fraction of sp³-hybridized carbons (Fsp3) is 0.235. The van der Waals surface area contributed by atoms with Gasteiger partial charge in [0.1, 0.15) is 5.82 Å². The van der Waals surface area contributed by atoms with E-state index in [1.54, 1.807) is 17.8 Å². The van der Waals surface area contributed by atoms with Gasteiger partial charge in [0.05, 0.1) is 18.5 Å². The molecule has 0 bridgehead atoms. The van der Waals surface area contributed by atoms with Crippen LogP contribution in [0.3, 0.4) is 0 Å². The minimum Gasteiger partial charge on any atom is -0.378 e. The maximum Gasteiger partial charge on any atom is 0.137 e. The number of benzene rings is 2. The molecule has 0 aromatic heterocycles. The van der Waals surface area contributed by atoms with Crippen molar-refractivity contribution in [1.29, 1.82) is 5.26 Å². The monoisotopic (exact) mass is 298 g/mol. The zero-order chi connectivity index (χ0) is 14.7. The molecule has 3 rings (SSSR count). The Morgan fingerprint density at radius 1 is 1.24 bits per heavy atom. The van der Waals surface area contributed by atoms with Crippen LogP contribution in [0.4, 0.5) is 10.1 Å². The molecule has 1 heterocycles. The van der Waals surface area contributed by atoms with E-state index in [-0.39, 0.29) is 11.9 Å². The van der Waals surface area contributed by atoms with Crippen LogP contribution in [-0.4, -0.2) is 5.75 Å². The normalized spacial score (nSPS) is 16.9. The lowest BCUT2D eigenvalue weighted by Crippen LogP contribution is -2.16. The minimum absolute atomic E-state index is 0.131. The van der Waals surface area contributed by atoms with Gasteiger partial charge < -0.3 is 5.32 Å². The molecule has 1 aliphatic heterocycles. The second-order valence-electron chi connectivity index (χ2n) is 5.02. The van der Waals surface area contributed by atoms with Crippen LogP contribution in [-0.2, 0) is 6.42 Å². The maximum absolute atomic E-state index is 13.8. The summed E-state index contributed by atoms with van der Waals surface area (Å²) >= 11 is 1.59. The highest BCUT2D eigenvalue weighted by atomic mass is 32.2. The van der Waals surface area contributed by atoms with E-state index in [4.69, 9.17) is 5.26 Å². The second kappa shape index (κ2) is 6.19. The van der Waals surface area contributed by atoms with Crippen LogP contribution in [0.2, 0.25) is 0 Å². The Morgan fingerprint density at radius 3 is 2.81 bits per heavy atom. The van der Waals surface area contributed by atoms with Crippen LogP contribution < -0.4 is 5.32 Å². The van der Waals surface area contributed by atoms with Crippen molar-refractivity contribution in [3.8, 4) is 6.07 Å². The first-order valence-corrected chi connectivity index (χ1v) is 7.90. The van der Waals surface area contributed by atoms with Crippen molar-refractivity contribution in [1.82, 2.24) is 0 Å². The Labute approximate surface area is 128 Å². The van der Waals surface area contributed by atoms with Gasteiger partial charge in [-0.05, 0) is 35.7 Å². The SMILES string of the molecule is N#CCc1ccc(NC2CCSc3c(F)cccc32)cc1. The molecular formula is C17H15FN2S. The van der Waals surface area contributed by atoms with Crippen molar-refractivity contribution < 1.29 is 4.39 Å². The van der Waals surface area contributed by atoms with Gasteiger partial charge in [-0.3, -0.25) is 0 Å². The molecule has 21 heavy (non-hydrogen) atoms. The number of halogens is 1. The Hall–Kier alpha value is -1.99. The predicted molar refractivity (Wildman–Crippen MR) is 83.9 cm³/mol. The molecule has 1 aliphatic rings. The third-order valence-corrected chi connectivity index (χ3v) is 4.76. The first-order chi connectivity index (χ1) is 10.3. The van der Waals surface area contributed by atoms with Crippen LogP contribution in [0.15, 0.2) is 47.4 Å². The number of thioether (sulfide) groups is 1. The lowest BCUT2D eigenvalue weighted by Gasteiger charge is -2.27. The lowest BCUT2D eigenvalue weighted by atomic mass is 10.0. The largest absolute Gasteiger partial charge is 0.378 e. The molecule has 2 nitrogen and oxygen atoms in total. The summed E-state index contributed by atoms with van der Waals surface area (Å²) < 4.78 is 13.8. The summed E-state index contributed by atoms with van der Waals surface area (Å²) in [5.74, 6) is 0.784. The van der Waals surface area contributed by atoms with Crippen molar-refractivity contribution in [3.05, 3.63) is 59.4 Å². The van der Waals surface area contributed by atoms with E-state index >= 15 is 0 Å². The first-order valence-electron chi connectivity index (χ1n) is 6.91. The van der Waals surface area contributed by atoms with Gasteiger partial charge in [-0.25, -0.2) is 4.39 Å². The molecule has 106 valence electrons. The highest BCUT2D eigenvalue weighted by Gasteiger charge is 2.22. The lowest BCUT2D eigenvalue weighted by molar-refractivity contribution is 0.585. The second-order valence-corrected chi connectivity index (χ2v) is 6.13. The Kier molecular flexibility index (Phi) is 4.12. The topological polar surface area (TPSA) is 35.8 Å². The summed E-state index contributed by atoms with van der Waals surface area (Å²) in [5, 5.41) is 12.2. The molecule has 0 aliphatic carbocycles. The van der Waals surface area contributed by atoms with Gasteiger partial charge in [-0.2, -0.15) is 5.26 Å². The van der Waals surface area contributed by atoms with Crippen molar-refractivity contribution in [3.63, 3.8) is 0 Å². The van der Waals surface area contributed by atoms with E-state index in [1.807, 2.05) is 30.3 Å². The standard InChI is InChI=1S/C17H15FN2S/c18-15-3-1-2-14-16(9-11-21-17(14)15)20-13-6-4-12(5-7-13)8-10-19/h1-7,16,20H,8-9,11H2. The number of nitriles is 1. The predicted octanol–water partition coefficient (Wildman–Crippen LogP) is 4.54. The average molecular weight is 298 g/mol. The fourth-order valence-electron chi connectivity index (χ4n) is 2.55. The summed E-state index contributed by atoms with van der Waals surface area (Å²) in [6.07, 6.45) is 1.40. The van der Waals surface area contributed by atoms with E-state index in [0.717, 1.165) is 33.9 Å². The summed E-state index contributed by atoms with van der Waals surface area (Å²) in [7, 11) is 0. The molecule has 4 heteroatoms. The molecule has 2 aromatic carbocycles. The van der Waals surface area contributed by atoms with E-state index in [9.17, 15) is 4.39 Å². The zero-order valence-corrected chi connectivity index (χ0v) is 12.3. The molecule has 0 saturated carbocycles. The van der Waals surface area contributed by atoms with Crippen molar-refractivity contribution in [2.24, 2.45) is 0 Å². The summed E-state index contributed by atoms with van der Waals surface area (Å²) in [5.41, 5.74) is 3.05. The Bertz CT molecular complexity index is 676. The molecule has 0 amide bonds. The van der Waals surface area contributed by atoms with Gasteiger partial charge in [0.25, 0.3) is 0 Å². The number of nitrogens with one attached hydrogen (secondary N) is 1. The quantitative estimate of drug-likeness (QED) is 0.903. The molecule has 1 N–H and O–H groups in total. The molecule has 2 aromatic rings. The van der Waals surface area contributed by atoms with Crippen LogP contribution in [0, 0.1) is 17.1 Å². The third kappa shape index (κ3) is 3.03. The number of anilines is 1. The summed E-state index contributed by atoms with van der Waals surface area (Å²) in [6.45, 7) is 0. The van der Waals surface area contributed by atoms with Crippen LogP contribution in [0.5, 0.6) is 0 Å². The van der Waals surface area contributed by atoms with Gasteiger partial charge in [0.15, 0.2) is 0 Å². The van der Waals surface area contributed by atoms with Crippen molar-refractivity contribution in [2.75, 3.05) is 11.1 Å². The summed E-state index contributed by atoms with van der Waals surface area (Å²) in [4.78, 5) is 0.766. The van der Waals surface area contributed by atoms with Gasteiger partial charge >= 0.3 is 0 Å². The Morgan fingerprint density at radius 2 is 2.05 bits per heavy atom.